The lowest BCUT2D eigenvalue weighted by Gasteiger charge is -2.25. The molecule has 1 aliphatic heterocycles. The number of hydrogen-bond donors (Lipinski definition) is 2. The van der Waals surface area contributed by atoms with Crippen LogP contribution in [0.25, 0.3) is 21.7 Å². The molecule has 2 aromatic carbocycles. The molecule has 0 unspecified atom stereocenters. The van der Waals surface area contributed by atoms with Crippen LogP contribution < -0.4 is 14.9 Å². The van der Waals surface area contributed by atoms with Gasteiger partial charge in [0.25, 0.3) is 10.0 Å². The summed E-state index contributed by atoms with van der Waals surface area (Å²) in [4.78, 5) is 21.1. The number of anilines is 2. The molecule has 250 valence electrons. The average Bonchev–Trinajstić information content (AvgIpc) is 3.46. The number of halogens is 3. The number of thiazole rings is 1. The minimum atomic E-state index is -4.83. The fourth-order valence-corrected chi connectivity index (χ4v) is 7.78. The standard InChI is InChI=1S/C32H34F3N5O5S2/c1-32(2,3)45-31(41)38-26-16-20(12-15-37-26)29-28(39-30(46-29)19-10-13-36-14-11-19)22-6-5-7-24(27(22)35)40(18-44-4)47(42,43)25-17-21(33)8-9-23(25)34/h5-9,12,15-17,19,36H,10-11,13-14,18H2,1-4H3,(H,37,38,41). The summed E-state index contributed by atoms with van der Waals surface area (Å²) in [5, 5.41) is 6.70. The molecule has 2 aromatic heterocycles. The van der Waals surface area contributed by atoms with Gasteiger partial charge in [0.2, 0.25) is 0 Å². The highest BCUT2D eigenvalue weighted by atomic mass is 32.2. The van der Waals surface area contributed by atoms with E-state index in [0.717, 1.165) is 37.0 Å². The molecule has 1 fully saturated rings. The van der Waals surface area contributed by atoms with Crippen molar-refractivity contribution >= 4 is 39.0 Å². The molecule has 0 saturated carbocycles. The van der Waals surface area contributed by atoms with E-state index < -0.39 is 56.5 Å². The van der Waals surface area contributed by atoms with Crippen LogP contribution in [0.3, 0.4) is 0 Å². The van der Waals surface area contributed by atoms with Crippen LogP contribution in [0.4, 0.5) is 29.5 Å². The highest BCUT2D eigenvalue weighted by Gasteiger charge is 2.32. The Bertz CT molecular complexity index is 1880. The minimum Gasteiger partial charge on any atom is -0.444 e. The van der Waals surface area contributed by atoms with Crippen LogP contribution in [0, 0.1) is 17.5 Å². The van der Waals surface area contributed by atoms with Gasteiger partial charge in [-0.25, -0.2) is 40.7 Å². The number of amides is 1. The summed E-state index contributed by atoms with van der Waals surface area (Å²) >= 11 is 1.37. The zero-order valence-corrected chi connectivity index (χ0v) is 27.8. The SMILES string of the molecule is COCN(c1cccc(-c2nc(C3CCNCC3)sc2-c2ccnc(NC(=O)OC(C)(C)C)c2)c1F)S(=O)(=O)c1cc(F)ccc1F. The van der Waals surface area contributed by atoms with Crippen molar-refractivity contribution in [1.82, 2.24) is 15.3 Å². The lowest BCUT2D eigenvalue weighted by molar-refractivity contribution is 0.0635. The van der Waals surface area contributed by atoms with Gasteiger partial charge in [-0.2, -0.15) is 0 Å². The fraction of sp³-hybridized carbons (Fsp3) is 0.344. The van der Waals surface area contributed by atoms with E-state index in [-0.39, 0.29) is 23.0 Å². The molecular weight excluding hydrogens is 656 g/mol. The number of benzene rings is 2. The maximum Gasteiger partial charge on any atom is 0.413 e. The molecule has 0 radical (unpaired) electrons. The number of carbonyl (C=O) groups excluding carboxylic acids is 1. The van der Waals surface area contributed by atoms with Crippen molar-refractivity contribution in [3.63, 3.8) is 0 Å². The normalized spacial score (nSPS) is 14.2. The topological polar surface area (TPSA) is 123 Å². The summed E-state index contributed by atoms with van der Waals surface area (Å²) < 4.78 is 83.5. The molecule has 2 N–H and O–H groups in total. The first-order chi connectivity index (χ1) is 22.3. The summed E-state index contributed by atoms with van der Waals surface area (Å²) in [6, 6.07) is 9.43. The molecular formula is C32H34F3N5O5S2. The number of piperidine rings is 1. The van der Waals surface area contributed by atoms with Gasteiger partial charge in [0, 0.05) is 24.8 Å². The number of sulfonamides is 1. The molecule has 15 heteroatoms. The van der Waals surface area contributed by atoms with E-state index in [4.69, 9.17) is 14.5 Å². The Hall–Kier alpha value is -4.05. The van der Waals surface area contributed by atoms with Crippen molar-refractivity contribution in [2.24, 2.45) is 0 Å². The number of nitrogens with zero attached hydrogens (tertiary/aromatic N) is 3. The third-order valence-corrected chi connectivity index (χ3v) is 10.2. The highest BCUT2D eigenvalue weighted by molar-refractivity contribution is 7.92. The molecule has 1 amide bonds. The fourth-order valence-electron chi connectivity index (χ4n) is 5.08. The second kappa shape index (κ2) is 14.0. The van der Waals surface area contributed by atoms with Crippen molar-refractivity contribution in [1.29, 1.82) is 0 Å². The predicted octanol–water partition coefficient (Wildman–Crippen LogP) is 6.90. The molecule has 47 heavy (non-hydrogen) atoms. The average molecular weight is 690 g/mol. The minimum absolute atomic E-state index is 0.0246. The van der Waals surface area contributed by atoms with Crippen LogP contribution in [-0.4, -0.2) is 57.0 Å². The first-order valence-electron chi connectivity index (χ1n) is 14.7. The van der Waals surface area contributed by atoms with E-state index in [1.54, 1.807) is 32.9 Å². The summed E-state index contributed by atoms with van der Waals surface area (Å²) in [5.74, 6) is -2.85. The van der Waals surface area contributed by atoms with Crippen LogP contribution >= 0.6 is 11.3 Å². The third-order valence-electron chi connectivity index (χ3n) is 7.19. The first kappa shape index (κ1) is 34.3. The number of carbonyl (C=O) groups is 1. The van der Waals surface area contributed by atoms with E-state index in [1.165, 1.54) is 42.8 Å². The molecule has 10 nitrogen and oxygen atoms in total. The molecule has 0 spiro atoms. The predicted molar refractivity (Wildman–Crippen MR) is 173 cm³/mol. The number of nitrogens with one attached hydrogen (secondary N) is 2. The third kappa shape index (κ3) is 7.75. The number of aromatic nitrogens is 2. The van der Waals surface area contributed by atoms with E-state index >= 15 is 4.39 Å². The molecule has 4 aromatic rings. The number of pyridine rings is 1. The zero-order valence-electron chi connectivity index (χ0n) is 26.1. The Kier molecular flexibility index (Phi) is 10.2. The summed E-state index contributed by atoms with van der Waals surface area (Å²) in [6.45, 7) is 6.10. The van der Waals surface area contributed by atoms with Gasteiger partial charge < -0.3 is 14.8 Å². The maximum absolute atomic E-state index is 16.7. The molecule has 1 aliphatic rings. The second-order valence-electron chi connectivity index (χ2n) is 11.8. The Balaban J connectivity index is 1.62. The van der Waals surface area contributed by atoms with E-state index in [9.17, 15) is 22.0 Å². The second-order valence-corrected chi connectivity index (χ2v) is 14.7. The van der Waals surface area contributed by atoms with Crippen LogP contribution in [0.1, 0.15) is 44.5 Å². The van der Waals surface area contributed by atoms with Crippen LogP contribution in [0.5, 0.6) is 0 Å². The van der Waals surface area contributed by atoms with Crippen molar-refractivity contribution in [3.05, 3.63) is 77.2 Å². The van der Waals surface area contributed by atoms with Crippen LogP contribution in [0.2, 0.25) is 0 Å². The number of rotatable bonds is 9. The molecule has 0 atom stereocenters. The molecule has 0 aliphatic carbocycles. The number of ether oxygens (including phenoxy) is 2. The van der Waals surface area contributed by atoms with Gasteiger partial charge in [0.15, 0.2) is 5.82 Å². The Labute approximate surface area is 275 Å². The highest BCUT2D eigenvalue weighted by Crippen LogP contribution is 2.43. The summed E-state index contributed by atoms with van der Waals surface area (Å²) in [7, 11) is -3.63. The van der Waals surface area contributed by atoms with Crippen LogP contribution in [0.15, 0.2) is 59.6 Å². The lowest BCUT2D eigenvalue weighted by Crippen LogP contribution is -2.34. The summed E-state index contributed by atoms with van der Waals surface area (Å²) in [6.07, 6.45) is 2.42. The van der Waals surface area contributed by atoms with Crippen molar-refractivity contribution < 1.29 is 35.9 Å². The monoisotopic (exact) mass is 689 g/mol. The van der Waals surface area contributed by atoms with Gasteiger partial charge in [-0.1, -0.05) is 6.07 Å². The quantitative estimate of drug-likeness (QED) is 0.182. The molecule has 0 bridgehead atoms. The van der Waals surface area contributed by atoms with Crippen molar-refractivity contribution in [2.45, 2.75) is 50.0 Å². The summed E-state index contributed by atoms with van der Waals surface area (Å²) in [5.41, 5.74) is -0.389. The van der Waals surface area contributed by atoms with Crippen molar-refractivity contribution in [2.75, 3.05) is 36.6 Å². The Morgan fingerprint density at radius 3 is 2.55 bits per heavy atom. The number of methoxy groups -OCH3 is 1. The van der Waals surface area contributed by atoms with E-state index in [2.05, 4.69) is 15.6 Å². The molecule has 1 saturated heterocycles. The van der Waals surface area contributed by atoms with E-state index in [1.807, 2.05) is 0 Å². The van der Waals surface area contributed by atoms with Gasteiger partial charge in [-0.3, -0.25) is 5.32 Å². The largest absolute Gasteiger partial charge is 0.444 e. The van der Waals surface area contributed by atoms with Crippen LogP contribution in [-0.2, 0) is 19.5 Å². The van der Waals surface area contributed by atoms with Gasteiger partial charge in [0.05, 0.1) is 21.3 Å². The van der Waals surface area contributed by atoms with E-state index in [0.29, 0.717) is 26.9 Å². The first-order valence-corrected chi connectivity index (χ1v) is 17.0. The van der Waals surface area contributed by atoms with Gasteiger partial charge in [0.1, 0.15) is 34.7 Å². The molecule has 5 rings (SSSR count). The van der Waals surface area contributed by atoms with Gasteiger partial charge in [-0.05, 0) is 94.7 Å². The Morgan fingerprint density at radius 1 is 1.11 bits per heavy atom. The van der Waals surface area contributed by atoms with Gasteiger partial charge >= 0.3 is 6.09 Å². The Morgan fingerprint density at radius 2 is 1.85 bits per heavy atom. The number of hydrogen-bond acceptors (Lipinski definition) is 9. The van der Waals surface area contributed by atoms with Gasteiger partial charge in [-0.15, -0.1) is 11.3 Å². The van der Waals surface area contributed by atoms with Crippen molar-refractivity contribution in [3.8, 4) is 21.7 Å². The maximum atomic E-state index is 16.7. The lowest BCUT2D eigenvalue weighted by atomic mass is 9.99. The zero-order chi connectivity index (χ0) is 33.9. The smallest absolute Gasteiger partial charge is 0.413 e. The molecule has 3 heterocycles.